The summed E-state index contributed by atoms with van der Waals surface area (Å²) < 4.78 is 0. The van der Waals surface area contributed by atoms with Crippen molar-refractivity contribution < 1.29 is 0 Å². The van der Waals surface area contributed by atoms with Gasteiger partial charge in [-0.25, -0.2) is 0 Å². The van der Waals surface area contributed by atoms with Gasteiger partial charge in [0.2, 0.25) is 0 Å². The number of rotatable bonds is 3. The van der Waals surface area contributed by atoms with Gasteiger partial charge in [0.05, 0.1) is 0 Å². The number of hydrogen-bond donors (Lipinski definition) is 0. The van der Waals surface area contributed by atoms with E-state index in [-0.39, 0.29) is 0 Å². The van der Waals surface area contributed by atoms with Crippen molar-refractivity contribution in [2.24, 2.45) is 0 Å². The molecule has 0 aromatic heterocycles. The second-order valence-electron chi connectivity index (χ2n) is 8.14. The van der Waals surface area contributed by atoms with Crippen molar-refractivity contribution in [2.75, 3.05) is 0 Å². The smallest absolute Gasteiger partial charge is 0.0926 e. The summed E-state index contributed by atoms with van der Waals surface area (Å²) in [4.78, 5) is 0. The van der Waals surface area contributed by atoms with Crippen LogP contribution in [0.3, 0.4) is 0 Å². The molecule has 2 saturated carbocycles. The summed E-state index contributed by atoms with van der Waals surface area (Å²) in [5, 5.41) is 0. The van der Waals surface area contributed by atoms with E-state index in [4.69, 9.17) is 7.85 Å². The van der Waals surface area contributed by atoms with Gasteiger partial charge in [0, 0.05) is 0 Å². The second kappa shape index (κ2) is 7.81. The minimum absolute atomic E-state index is 0.677. The van der Waals surface area contributed by atoms with Crippen LogP contribution < -0.4 is 5.46 Å². The van der Waals surface area contributed by atoms with Gasteiger partial charge in [0.15, 0.2) is 0 Å². The molecule has 0 nitrogen and oxygen atoms in total. The molecule has 0 amide bonds. The highest BCUT2D eigenvalue weighted by molar-refractivity contribution is 6.33. The molecular weight excluding hydrogens is 299 g/mol. The Morgan fingerprint density at radius 2 is 1.16 bits per heavy atom. The highest BCUT2D eigenvalue weighted by atomic mass is 14.2. The van der Waals surface area contributed by atoms with Crippen LogP contribution in [0.25, 0.3) is 11.1 Å². The Kier molecular flexibility index (Phi) is 5.29. The molecule has 0 saturated heterocycles. The summed E-state index contributed by atoms with van der Waals surface area (Å²) >= 11 is 0. The first-order valence-electron chi connectivity index (χ1n) is 10.3. The fourth-order valence-electron chi connectivity index (χ4n) is 4.92. The van der Waals surface area contributed by atoms with Crippen molar-refractivity contribution in [1.82, 2.24) is 0 Å². The third-order valence-corrected chi connectivity index (χ3v) is 6.45. The number of hydrogen-bond acceptors (Lipinski definition) is 0. The predicted molar refractivity (Wildman–Crippen MR) is 109 cm³/mol. The van der Waals surface area contributed by atoms with Gasteiger partial charge in [-0.2, -0.15) is 0 Å². The fraction of sp³-hybridized carbons (Fsp3) is 0.500. The maximum absolute atomic E-state index is 6.44. The lowest BCUT2D eigenvalue weighted by atomic mass is 9.76. The van der Waals surface area contributed by atoms with Gasteiger partial charge < -0.3 is 0 Å². The van der Waals surface area contributed by atoms with Gasteiger partial charge in [-0.1, -0.05) is 92.0 Å². The second-order valence-corrected chi connectivity index (χ2v) is 8.14. The molecule has 4 rings (SSSR count). The van der Waals surface area contributed by atoms with Gasteiger partial charge in [0.25, 0.3) is 0 Å². The minimum atomic E-state index is 0.677. The van der Waals surface area contributed by atoms with E-state index in [1.165, 1.54) is 86.5 Å². The van der Waals surface area contributed by atoms with Crippen molar-refractivity contribution in [3.63, 3.8) is 0 Å². The summed E-state index contributed by atoms with van der Waals surface area (Å²) in [5.41, 5.74) is 6.44. The molecule has 0 bridgehead atoms. The molecule has 0 atom stereocenters. The van der Waals surface area contributed by atoms with Crippen molar-refractivity contribution >= 4 is 13.3 Å². The van der Waals surface area contributed by atoms with Crippen LogP contribution in [0.1, 0.15) is 87.2 Å². The third-order valence-electron chi connectivity index (χ3n) is 6.45. The van der Waals surface area contributed by atoms with E-state index in [1.807, 2.05) is 0 Å². The van der Waals surface area contributed by atoms with Crippen LogP contribution in [-0.4, -0.2) is 7.85 Å². The van der Waals surface area contributed by atoms with Crippen LogP contribution in [0.2, 0.25) is 0 Å². The topological polar surface area (TPSA) is 0 Å². The molecule has 0 heterocycles. The Labute approximate surface area is 154 Å². The van der Waals surface area contributed by atoms with Crippen LogP contribution in [0.5, 0.6) is 0 Å². The van der Waals surface area contributed by atoms with Crippen molar-refractivity contribution in [3.8, 4) is 11.1 Å². The molecule has 2 aromatic rings. The SMILES string of the molecule is [B]c1cc(-c2ccc(C3CCCCC3)cc2)ccc1C1CCCCC1. The molecule has 2 aromatic carbocycles. The molecule has 2 aliphatic rings. The summed E-state index contributed by atoms with van der Waals surface area (Å²) in [7, 11) is 6.44. The fourth-order valence-corrected chi connectivity index (χ4v) is 4.92. The van der Waals surface area contributed by atoms with E-state index in [1.54, 1.807) is 0 Å². The maximum Gasteiger partial charge on any atom is 0.114 e. The normalized spacial score (nSPS) is 19.8. The van der Waals surface area contributed by atoms with Gasteiger partial charge in [-0.05, 0) is 54.2 Å². The first-order valence-corrected chi connectivity index (χ1v) is 10.3. The minimum Gasteiger partial charge on any atom is -0.0926 e. The third kappa shape index (κ3) is 3.86. The molecule has 0 N–H and O–H groups in total. The van der Waals surface area contributed by atoms with Gasteiger partial charge in [-0.3, -0.25) is 0 Å². The zero-order valence-corrected chi connectivity index (χ0v) is 15.3. The van der Waals surface area contributed by atoms with Crippen LogP contribution in [0.4, 0.5) is 0 Å². The molecule has 0 unspecified atom stereocenters. The Morgan fingerprint density at radius 3 is 1.76 bits per heavy atom. The van der Waals surface area contributed by atoms with Crippen LogP contribution in [0.15, 0.2) is 42.5 Å². The summed E-state index contributed by atoms with van der Waals surface area (Å²) in [6.07, 6.45) is 13.6. The Balaban J connectivity index is 1.52. The molecule has 2 fully saturated rings. The van der Waals surface area contributed by atoms with E-state index >= 15 is 0 Å². The summed E-state index contributed by atoms with van der Waals surface area (Å²) in [5.74, 6) is 1.46. The lowest BCUT2D eigenvalue weighted by molar-refractivity contribution is 0.443. The molecular formula is C24H29B. The molecule has 0 spiro atoms. The van der Waals surface area contributed by atoms with Crippen LogP contribution in [-0.2, 0) is 0 Å². The molecule has 1 heteroatoms. The average Bonchev–Trinajstić information content (AvgIpc) is 2.69. The lowest BCUT2D eigenvalue weighted by Crippen LogP contribution is -2.16. The van der Waals surface area contributed by atoms with Crippen molar-refractivity contribution in [1.29, 1.82) is 0 Å². The highest BCUT2D eigenvalue weighted by Crippen LogP contribution is 2.35. The van der Waals surface area contributed by atoms with Crippen LogP contribution in [0, 0.1) is 0 Å². The average molecular weight is 328 g/mol. The Hall–Kier alpha value is -1.50. The number of benzene rings is 2. The Bertz CT molecular complexity index is 689. The highest BCUT2D eigenvalue weighted by Gasteiger charge is 2.18. The summed E-state index contributed by atoms with van der Waals surface area (Å²) in [6.45, 7) is 0. The van der Waals surface area contributed by atoms with E-state index in [0.29, 0.717) is 5.92 Å². The monoisotopic (exact) mass is 328 g/mol. The van der Waals surface area contributed by atoms with E-state index < -0.39 is 0 Å². The maximum atomic E-state index is 6.44. The Morgan fingerprint density at radius 1 is 0.600 bits per heavy atom. The first kappa shape index (κ1) is 16.9. The molecule has 25 heavy (non-hydrogen) atoms. The lowest BCUT2D eigenvalue weighted by Gasteiger charge is -2.24. The largest absolute Gasteiger partial charge is 0.114 e. The van der Waals surface area contributed by atoms with E-state index in [9.17, 15) is 0 Å². The summed E-state index contributed by atoms with van der Waals surface area (Å²) in [6, 6.07) is 16.0. The molecule has 128 valence electrons. The van der Waals surface area contributed by atoms with Gasteiger partial charge >= 0.3 is 0 Å². The van der Waals surface area contributed by atoms with Gasteiger partial charge in [-0.15, -0.1) is 0 Å². The van der Waals surface area contributed by atoms with E-state index in [2.05, 4.69) is 42.5 Å². The quantitative estimate of drug-likeness (QED) is 0.585. The van der Waals surface area contributed by atoms with Gasteiger partial charge in [0.1, 0.15) is 7.85 Å². The predicted octanol–water partition coefficient (Wildman–Crippen LogP) is 6.24. The molecule has 2 radical (unpaired) electrons. The van der Waals surface area contributed by atoms with Crippen LogP contribution >= 0.6 is 0 Å². The zero-order valence-electron chi connectivity index (χ0n) is 15.3. The molecule has 2 aliphatic carbocycles. The molecule has 0 aliphatic heterocycles. The zero-order chi connectivity index (χ0) is 17.1. The first-order chi connectivity index (χ1) is 12.3. The van der Waals surface area contributed by atoms with Crippen molar-refractivity contribution in [3.05, 3.63) is 53.6 Å². The standard InChI is InChI=1S/C24H29B/c25-24-17-22(15-16-23(24)21-9-5-2-6-10-21)20-13-11-19(12-14-20)18-7-3-1-4-8-18/h11-18,21H,1-10H2. The van der Waals surface area contributed by atoms with Crippen molar-refractivity contribution in [2.45, 2.75) is 76.0 Å². The van der Waals surface area contributed by atoms with E-state index in [0.717, 1.165) is 11.4 Å².